The van der Waals surface area contributed by atoms with E-state index in [1.165, 1.54) is 28.9 Å². The normalized spacial score (nSPS) is 10.7. The van der Waals surface area contributed by atoms with Gasteiger partial charge in [0.25, 0.3) is 0 Å². The maximum atomic E-state index is 13.2. The lowest BCUT2D eigenvalue weighted by Gasteiger charge is -2.00. The van der Waals surface area contributed by atoms with Gasteiger partial charge < -0.3 is 5.11 Å². The zero-order valence-electron chi connectivity index (χ0n) is 10.2. The highest BCUT2D eigenvalue weighted by molar-refractivity contribution is 5.59. The molecular weight excluding hydrogens is 264 g/mol. The van der Waals surface area contributed by atoms with E-state index in [4.69, 9.17) is 0 Å². The van der Waals surface area contributed by atoms with Gasteiger partial charge in [-0.1, -0.05) is 5.21 Å². The molecule has 6 heteroatoms. The van der Waals surface area contributed by atoms with Gasteiger partial charge in [-0.25, -0.2) is 13.5 Å². The smallest absolute Gasteiger partial charge is 0.128 e. The Labute approximate surface area is 112 Å². The third-order valence-corrected chi connectivity index (χ3v) is 2.77. The zero-order chi connectivity index (χ0) is 14.1. The summed E-state index contributed by atoms with van der Waals surface area (Å²) >= 11 is 0. The lowest BCUT2D eigenvalue weighted by atomic mass is 10.2. The maximum absolute atomic E-state index is 13.2. The molecule has 0 saturated heterocycles. The van der Waals surface area contributed by atoms with Crippen LogP contribution in [0.1, 0.15) is 0 Å². The largest absolute Gasteiger partial charge is 0.508 e. The van der Waals surface area contributed by atoms with Crippen LogP contribution in [0.15, 0.2) is 48.7 Å². The Morgan fingerprint density at radius 3 is 2.25 bits per heavy atom. The van der Waals surface area contributed by atoms with Crippen LogP contribution in [0.3, 0.4) is 0 Å². The minimum atomic E-state index is -0.679. The molecule has 3 rings (SSSR count). The van der Waals surface area contributed by atoms with E-state index in [9.17, 15) is 13.9 Å². The Morgan fingerprint density at radius 1 is 0.950 bits per heavy atom. The number of phenolic OH excluding ortho intramolecular Hbond substituents is 1. The molecule has 20 heavy (non-hydrogen) atoms. The molecule has 3 aromatic rings. The highest BCUT2D eigenvalue weighted by atomic mass is 19.1. The Hall–Kier alpha value is -2.76. The molecule has 4 nitrogen and oxygen atoms in total. The predicted octanol–water partition coefficient (Wildman–Crippen LogP) is 2.92. The van der Waals surface area contributed by atoms with Crippen molar-refractivity contribution in [2.45, 2.75) is 0 Å². The number of benzene rings is 2. The summed E-state index contributed by atoms with van der Waals surface area (Å²) in [5, 5.41) is 17.0. The molecule has 0 unspecified atom stereocenters. The minimum absolute atomic E-state index is 0.147. The first-order valence-corrected chi connectivity index (χ1v) is 5.80. The Bertz CT molecular complexity index is 733. The summed E-state index contributed by atoms with van der Waals surface area (Å²) in [5.74, 6) is -1.21. The lowest BCUT2D eigenvalue weighted by molar-refractivity contribution is 0.475. The van der Waals surface area contributed by atoms with Crippen LogP contribution < -0.4 is 0 Å². The molecule has 0 aliphatic carbocycles. The van der Waals surface area contributed by atoms with E-state index in [2.05, 4.69) is 10.3 Å². The van der Waals surface area contributed by atoms with Gasteiger partial charge in [0.1, 0.15) is 23.1 Å². The van der Waals surface area contributed by atoms with Gasteiger partial charge in [0.2, 0.25) is 0 Å². The van der Waals surface area contributed by atoms with Crippen molar-refractivity contribution in [1.82, 2.24) is 15.0 Å². The van der Waals surface area contributed by atoms with Gasteiger partial charge in [0.05, 0.1) is 11.9 Å². The molecule has 1 N–H and O–H groups in total. The highest BCUT2D eigenvalue weighted by Gasteiger charge is 2.07. The topological polar surface area (TPSA) is 50.9 Å². The fourth-order valence-corrected chi connectivity index (χ4v) is 1.83. The van der Waals surface area contributed by atoms with E-state index in [1.807, 2.05) is 0 Å². The van der Waals surface area contributed by atoms with Crippen molar-refractivity contribution < 1.29 is 13.9 Å². The SMILES string of the molecule is Oc1ccc(-c2cn(-c3cc(F)cc(F)c3)nn2)cc1. The molecule has 0 atom stereocenters. The predicted molar refractivity (Wildman–Crippen MR) is 68.4 cm³/mol. The van der Waals surface area contributed by atoms with Gasteiger partial charge in [-0.15, -0.1) is 5.10 Å². The van der Waals surface area contributed by atoms with Crippen molar-refractivity contribution >= 4 is 0 Å². The molecule has 0 radical (unpaired) electrons. The monoisotopic (exact) mass is 273 g/mol. The number of aromatic nitrogens is 3. The first kappa shape index (κ1) is 12.3. The van der Waals surface area contributed by atoms with Gasteiger partial charge >= 0.3 is 0 Å². The maximum Gasteiger partial charge on any atom is 0.128 e. The highest BCUT2D eigenvalue weighted by Crippen LogP contribution is 2.21. The summed E-state index contributed by atoms with van der Waals surface area (Å²) < 4.78 is 27.6. The van der Waals surface area contributed by atoms with Gasteiger partial charge in [0, 0.05) is 11.6 Å². The Balaban J connectivity index is 1.99. The van der Waals surface area contributed by atoms with Crippen LogP contribution in [0.25, 0.3) is 16.9 Å². The Morgan fingerprint density at radius 2 is 1.60 bits per heavy atom. The van der Waals surface area contributed by atoms with Gasteiger partial charge in [-0.3, -0.25) is 0 Å². The van der Waals surface area contributed by atoms with Crippen molar-refractivity contribution in [2.75, 3.05) is 0 Å². The molecule has 0 aliphatic heterocycles. The number of nitrogens with zero attached hydrogens (tertiary/aromatic N) is 3. The minimum Gasteiger partial charge on any atom is -0.508 e. The van der Waals surface area contributed by atoms with Crippen molar-refractivity contribution in [3.05, 3.63) is 60.3 Å². The number of hydrogen-bond donors (Lipinski definition) is 1. The summed E-state index contributed by atoms with van der Waals surface area (Å²) in [5.41, 5.74) is 1.53. The average Bonchev–Trinajstić information content (AvgIpc) is 2.88. The van der Waals surface area contributed by atoms with E-state index in [1.54, 1.807) is 18.3 Å². The van der Waals surface area contributed by atoms with Crippen molar-refractivity contribution in [1.29, 1.82) is 0 Å². The van der Waals surface area contributed by atoms with Crippen molar-refractivity contribution in [2.24, 2.45) is 0 Å². The van der Waals surface area contributed by atoms with Crippen LogP contribution in [0.5, 0.6) is 5.75 Å². The standard InChI is InChI=1S/C14H9F2N3O/c15-10-5-11(16)7-12(6-10)19-8-14(17-18-19)9-1-3-13(20)4-2-9/h1-8,20H. The molecule has 1 heterocycles. The first-order valence-electron chi connectivity index (χ1n) is 5.80. The van der Waals surface area contributed by atoms with Gasteiger partial charge in [-0.05, 0) is 36.4 Å². The molecule has 0 bridgehead atoms. The molecule has 0 spiro atoms. The van der Waals surface area contributed by atoms with Crippen LogP contribution in [0.4, 0.5) is 8.78 Å². The lowest BCUT2D eigenvalue weighted by Crippen LogP contribution is -1.96. The molecular formula is C14H9F2N3O. The van der Waals surface area contributed by atoms with Crippen LogP contribution in [0, 0.1) is 11.6 Å². The van der Waals surface area contributed by atoms with Crippen molar-refractivity contribution in [3.8, 4) is 22.7 Å². The zero-order valence-corrected chi connectivity index (χ0v) is 10.2. The molecule has 0 saturated carbocycles. The summed E-state index contributed by atoms with van der Waals surface area (Å²) in [6.07, 6.45) is 1.56. The number of hydrogen-bond acceptors (Lipinski definition) is 3. The van der Waals surface area contributed by atoms with E-state index >= 15 is 0 Å². The second-order valence-corrected chi connectivity index (χ2v) is 4.22. The molecule has 0 fully saturated rings. The quantitative estimate of drug-likeness (QED) is 0.781. The summed E-state index contributed by atoms with van der Waals surface area (Å²) in [4.78, 5) is 0. The molecule has 100 valence electrons. The number of rotatable bonds is 2. The van der Waals surface area contributed by atoms with E-state index in [0.717, 1.165) is 11.6 Å². The molecule has 0 amide bonds. The fraction of sp³-hybridized carbons (Fsp3) is 0. The fourth-order valence-electron chi connectivity index (χ4n) is 1.83. The van der Waals surface area contributed by atoms with Crippen LogP contribution in [-0.4, -0.2) is 20.1 Å². The average molecular weight is 273 g/mol. The van der Waals surface area contributed by atoms with E-state index in [-0.39, 0.29) is 11.4 Å². The first-order chi connectivity index (χ1) is 9.61. The van der Waals surface area contributed by atoms with Crippen LogP contribution in [-0.2, 0) is 0 Å². The molecule has 1 aromatic heterocycles. The van der Waals surface area contributed by atoms with Gasteiger partial charge in [-0.2, -0.15) is 0 Å². The second-order valence-electron chi connectivity index (χ2n) is 4.22. The molecule has 0 aliphatic rings. The third kappa shape index (κ3) is 2.35. The third-order valence-electron chi connectivity index (χ3n) is 2.77. The summed E-state index contributed by atoms with van der Waals surface area (Å²) in [7, 11) is 0. The van der Waals surface area contributed by atoms with Gasteiger partial charge in [0.15, 0.2) is 0 Å². The van der Waals surface area contributed by atoms with Crippen LogP contribution >= 0.6 is 0 Å². The van der Waals surface area contributed by atoms with E-state index in [0.29, 0.717) is 5.69 Å². The van der Waals surface area contributed by atoms with Crippen molar-refractivity contribution in [3.63, 3.8) is 0 Å². The summed E-state index contributed by atoms with van der Waals surface area (Å²) in [6, 6.07) is 9.52. The Kier molecular flexibility index (Phi) is 2.90. The summed E-state index contributed by atoms with van der Waals surface area (Å²) in [6.45, 7) is 0. The second kappa shape index (κ2) is 4.73. The number of phenols is 1. The molecule has 2 aromatic carbocycles. The number of halogens is 2. The van der Waals surface area contributed by atoms with Crippen LogP contribution in [0.2, 0.25) is 0 Å². The van der Waals surface area contributed by atoms with E-state index < -0.39 is 11.6 Å². The number of aromatic hydroxyl groups is 1.